The van der Waals surface area contributed by atoms with Crippen molar-refractivity contribution in [2.75, 3.05) is 37.5 Å². The van der Waals surface area contributed by atoms with Gasteiger partial charge in [-0.3, -0.25) is 9.78 Å². The number of aryl methyl sites for hydroxylation is 1. The van der Waals surface area contributed by atoms with Crippen LogP contribution in [0, 0.1) is 6.92 Å². The van der Waals surface area contributed by atoms with E-state index in [4.69, 9.17) is 4.74 Å². The minimum Gasteiger partial charge on any atom is -0.383 e. The first kappa shape index (κ1) is 20.5. The van der Waals surface area contributed by atoms with Crippen molar-refractivity contribution in [1.29, 1.82) is 0 Å². The Morgan fingerprint density at radius 3 is 2.63 bits per heavy atom. The van der Waals surface area contributed by atoms with E-state index in [0.29, 0.717) is 11.5 Å². The molecule has 3 aromatic heterocycles. The van der Waals surface area contributed by atoms with Gasteiger partial charge in [0.15, 0.2) is 5.13 Å². The Morgan fingerprint density at radius 2 is 1.97 bits per heavy atom. The normalized spacial score (nSPS) is 11.0. The lowest BCUT2D eigenvalue weighted by Crippen LogP contribution is -2.21. The van der Waals surface area contributed by atoms with E-state index in [1.165, 1.54) is 11.3 Å². The second-order valence-electron chi connectivity index (χ2n) is 6.94. The van der Waals surface area contributed by atoms with Crippen LogP contribution in [-0.2, 0) is 4.74 Å². The molecule has 1 aromatic carbocycles. The zero-order valence-electron chi connectivity index (χ0n) is 17.0. The van der Waals surface area contributed by atoms with Gasteiger partial charge in [-0.15, -0.1) is 11.3 Å². The number of thiophene rings is 1. The Hall–Kier alpha value is -2.81. The number of aromatic nitrogens is 2. The molecule has 1 amide bonds. The van der Waals surface area contributed by atoms with Gasteiger partial charge in [0.25, 0.3) is 5.91 Å². The van der Waals surface area contributed by atoms with Gasteiger partial charge in [-0.05, 0) is 36.8 Å². The van der Waals surface area contributed by atoms with Gasteiger partial charge < -0.3 is 15.0 Å². The minimum atomic E-state index is -0.124. The molecule has 3 heterocycles. The molecule has 0 aliphatic heterocycles. The first-order valence-corrected chi connectivity index (χ1v) is 11.1. The summed E-state index contributed by atoms with van der Waals surface area (Å²) in [6.07, 6.45) is 1.85. The number of likely N-dealkylation sites (N-methyl/N-ethyl adjacent to an activating group) is 1. The molecule has 0 aliphatic carbocycles. The number of nitrogens with one attached hydrogen (secondary N) is 1. The summed E-state index contributed by atoms with van der Waals surface area (Å²) in [6.45, 7) is 3.44. The van der Waals surface area contributed by atoms with Crippen LogP contribution in [0.4, 0.5) is 10.8 Å². The Bertz CT molecular complexity index is 1120. The second-order valence-corrected chi connectivity index (χ2v) is 8.98. The number of nitrogens with zero attached hydrogens (tertiary/aromatic N) is 3. The third-order valence-electron chi connectivity index (χ3n) is 4.61. The highest BCUT2D eigenvalue weighted by Crippen LogP contribution is 2.34. The Morgan fingerprint density at radius 1 is 1.17 bits per heavy atom. The molecule has 0 spiro atoms. The average molecular weight is 439 g/mol. The Labute approximate surface area is 183 Å². The molecule has 30 heavy (non-hydrogen) atoms. The summed E-state index contributed by atoms with van der Waals surface area (Å²) in [5.41, 5.74) is 3.80. The maximum absolute atomic E-state index is 12.7. The number of methoxy groups -OCH3 is 1. The Balaban J connectivity index is 1.43. The number of anilines is 2. The molecular weight excluding hydrogens is 416 g/mol. The first-order valence-electron chi connectivity index (χ1n) is 9.48. The maximum Gasteiger partial charge on any atom is 0.265 e. The first-order chi connectivity index (χ1) is 14.5. The van der Waals surface area contributed by atoms with Gasteiger partial charge in [-0.1, -0.05) is 29.5 Å². The number of benzene rings is 1. The summed E-state index contributed by atoms with van der Waals surface area (Å²) in [4.78, 5) is 25.3. The van der Waals surface area contributed by atoms with Crippen molar-refractivity contribution in [3.8, 4) is 11.3 Å². The molecule has 0 unspecified atom stereocenters. The maximum atomic E-state index is 12.7. The van der Waals surface area contributed by atoms with Gasteiger partial charge in [0.2, 0.25) is 0 Å². The highest BCUT2D eigenvalue weighted by molar-refractivity contribution is 7.29. The summed E-state index contributed by atoms with van der Waals surface area (Å²) in [6, 6.07) is 13.7. The molecule has 0 radical (unpaired) electrons. The molecule has 1 N–H and O–H groups in total. The number of ether oxygens (including phenoxy) is 1. The number of amides is 1. The molecule has 154 valence electrons. The monoisotopic (exact) mass is 438 g/mol. The van der Waals surface area contributed by atoms with Crippen LogP contribution < -0.4 is 10.2 Å². The summed E-state index contributed by atoms with van der Waals surface area (Å²) in [5.74, 6) is -0.124. The van der Waals surface area contributed by atoms with Crippen LogP contribution in [0.25, 0.3) is 20.8 Å². The van der Waals surface area contributed by atoms with Crippen LogP contribution >= 0.6 is 22.7 Å². The van der Waals surface area contributed by atoms with E-state index in [-0.39, 0.29) is 5.91 Å². The van der Waals surface area contributed by atoms with Crippen molar-refractivity contribution in [1.82, 2.24) is 9.97 Å². The molecule has 0 saturated carbocycles. The van der Waals surface area contributed by atoms with Crippen LogP contribution in [-0.4, -0.2) is 43.2 Å². The van der Waals surface area contributed by atoms with E-state index in [0.717, 1.165) is 43.7 Å². The SMILES string of the molecule is COCCN(C)c1nc2sc(C(=O)Nc3ccc(-c4ccc(C)cn4)cc3)cc2s1. The number of hydrogen-bond acceptors (Lipinski definition) is 7. The zero-order chi connectivity index (χ0) is 21.1. The Kier molecular flexibility index (Phi) is 6.08. The van der Waals surface area contributed by atoms with Crippen LogP contribution in [0.2, 0.25) is 0 Å². The topological polar surface area (TPSA) is 67.3 Å². The minimum absolute atomic E-state index is 0.124. The molecule has 4 aromatic rings. The van der Waals surface area contributed by atoms with Crippen molar-refractivity contribution >= 4 is 48.9 Å². The van der Waals surface area contributed by atoms with Crippen LogP contribution in [0.15, 0.2) is 48.7 Å². The van der Waals surface area contributed by atoms with Crippen molar-refractivity contribution in [2.45, 2.75) is 6.92 Å². The van der Waals surface area contributed by atoms with Crippen LogP contribution in [0.5, 0.6) is 0 Å². The predicted molar refractivity (Wildman–Crippen MR) is 125 cm³/mol. The molecule has 4 rings (SSSR count). The van der Waals surface area contributed by atoms with Gasteiger partial charge in [0.1, 0.15) is 4.83 Å². The fourth-order valence-electron chi connectivity index (χ4n) is 2.88. The summed E-state index contributed by atoms with van der Waals surface area (Å²) in [7, 11) is 3.68. The third-order valence-corrected chi connectivity index (χ3v) is 6.88. The number of carbonyl (C=O) groups is 1. The molecule has 0 atom stereocenters. The van der Waals surface area contributed by atoms with E-state index in [1.54, 1.807) is 18.4 Å². The quantitative estimate of drug-likeness (QED) is 0.437. The molecule has 0 aliphatic rings. The van der Waals surface area contributed by atoms with Crippen molar-refractivity contribution in [3.63, 3.8) is 0 Å². The van der Waals surface area contributed by atoms with E-state index < -0.39 is 0 Å². The van der Waals surface area contributed by atoms with E-state index >= 15 is 0 Å². The molecule has 0 bridgehead atoms. The number of hydrogen-bond donors (Lipinski definition) is 1. The van der Waals surface area contributed by atoms with Gasteiger partial charge in [-0.25, -0.2) is 4.98 Å². The van der Waals surface area contributed by atoms with Crippen molar-refractivity contribution in [3.05, 3.63) is 59.1 Å². The lowest BCUT2D eigenvalue weighted by Gasteiger charge is -2.14. The summed E-state index contributed by atoms with van der Waals surface area (Å²) in [5, 5.41) is 3.89. The second kappa shape index (κ2) is 8.91. The highest BCUT2D eigenvalue weighted by Gasteiger charge is 2.16. The average Bonchev–Trinajstić information content (AvgIpc) is 3.33. The largest absolute Gasteiger partial charge is 0.383 e. The smallest absolute Gasteiger partial charge is 0.265 e. The zero-order valence-corrected chi connectivity index (χ0v) is 18.6. The molecular formula is C22H22N4O2S2. The molecule has 6 nitrogen and oxygen atoms in total. The standard InChI is InChI=1S/C22H22N4O2S2/c1-14-4-9-17(23-13-14)15-5-7-16(8-6-15)24-20(27)18-12-19-21(29-18)25-22(30-19)26(2)10-11-28-3/h4-9,12-13H,10-11H2,1-3H3,(H,24,27). The number of fused-ring (bicyclic) bond motifs is 1. The van der Waals surface area contributed by atoms with Gasteiger partial charge in [0.05, 0.1) is 21.9 Å². The molecule has 8 heteroatoms. The highest BCUT2D eigenvalue weighted by atomic mass is 32.1. The number of carbonyl (C=O) groups excluding carboxylic acids is 1. The lowest BCUT2D eigenvalue weighted by atomic mass is 10.1. The van der Waals surface area contributed by atoms with Crippen LogP contribution in [0.3, 0.4) is 0 Å². The van der Waals surface area contributed by atoms with E-state index in [2.05, 4.69) is 20.2 Å². The molecule has 0 saturated heterocycles. The summed E-state index contributed by atoms with van der Waals surface area (Å²) >= 11 is 2.99. The van der Waals surface area contributed by atoms with Gasteiger partial charge in [-0.2, -0.15) is 0 Å². The van der Waals surface area contributed by atoms with Crippen molar-refractivity contribution in [2.24, 2.45) is 0 Å². The number of pyridine rings is 1. The van der Waals surface area contributed by atoms with E-state index in [9.17, 15) is 4.79 Å². The van der Waals surface area contributed by atoms with Crippen molar-refractivity contribution < 1.29 is 9.53 Å². The molecule has 0 fully saturated rings. The third kappa shape index (κ3) is 4.51. The lowest BCUT2D eigenvalue weighted by molar-refractivity contribution is 0.103. The number of rotatable bonds is 7. The summed E-state index contributed by atoms with van der Waals surface area (Å²) < 4.78 is 6.13. The van der Waals surface area contributed by atoms with E-state index in [1.807, 2.05) is 62.6 Å². The van der Waals surface area contributed by atoms with Gasteiger partial charge >= 0.3 is 0 Å². The van der Waals surface area contributed by atoms with Crippen LogP contribution in [0.1, 0.15) is 15.2 Å². The fraction of sp³-hybridized carbons (Fsp3) is 0.227. The number of thiazole rings is 1. The van der Waals surface area contributed by atoms with Gasteiger partial charge in [0, 0.05) is 38.1 Å². The fourth-order valence-corrected chi connectivity index (χ4v) is 4.97. The predicted octanol–water partition coefficient (Wildman–Crippen LogP) is 5.06.